The number of piperidine rings is 2. The number of nitrogens with zero attached hydrogens (tertiary/aromatic N) is 2. The third-order valence-electron chi connectivity index (χ3n) is 7.15. The van der Waals surface area contributed by atoms with E-state index in [9.17, 15) is 9.59 Å². The van der Waals surface area contributed by atoms with E-state index in [4.69, 9.17) is 4.74 Å². The third kappa shape index (κ3) is 1.55. The van der Waals surface area contributed by atoms with Crippen molar-refractivity contribution in [1.29, 1.82) is 0 Å². The molecule has 26 heavy (non-hydrogen) atoms. The van der Waals surface area contributed by atoms with Crippen molar-refractivity contribution >= 4 is 23.7 Å². The summed E-state index contributed by atoms with van der Waals surface area (Å²) in [5, 5.41) is 0. The SMILES string of the molecule is CC=C1CN2CCC34C(=O)C2CC1C3(C(=O)OC)C=Nc1ccccc14. The Morgan fingerprint density at radius 2 is 2.19 bits per heavy atom. The van der Waals surface area contributed by atoms with E-state index in [1.165, 1.54) is 12.7 Å². The first-order valence-corrected chi connectivity index (χ1v) is 9.26. The first-order chi connectivity index (χ1) is 12.6. The number of aliphatic imine (C=N–C) groups is 1. The van der Waals surface area contributed by atoms with E-state index >= 15 is 0 Å². The molecule has 0 N–H and O–H groups in total. The highest BCUT2D eigenvalue weighted by Crippen LogP contribution is 2.64. The van der Waals surface area contributed by atoms with Crippen molar-refractivity contribution in [3.05, 3.63) is 41.5 Å². The molecule has 3 bridgehead atoms. The number of rotatable bonds is 1. The third-order valence-corrected chi connectivity index (χ3v) is 7.15. The van der Waals surface area contributed by atoms with E-state index in [-0.39, 0.29) is 23.7 Å². The second-order valence-electron chi connectivity index (χ2n) is 7.79. The van der Waals surface area contributed by atoms with Gasteiger partial charge in [0.2, 0.25) is 0 Å². The van der Waals surface area contributed by atoms with Gasteiger partial charge in [-0.25, -0.2) is 0 Å². The molecule has 4 atom stereocenters. The van der Waals surface area contributed by atoms with Crippen LogP contribution in [0.3, 0.4) is 0 Å². The molecule has 0 radical (unpaired) electrons. The Bertz CT molecular complexity index is 889. The number of methoxy groups -OCH3 is 1. The van der Waals surface area contributed by atoms with Gasteiger partial charge in [0.1, 0.15) is 5.41 Å². The molecule has 3 heterocycles. The first kappa shape index (κ1) is 15.9. The Morgan fingerprint density at radius 3 is 2.96 bits per heavy atom. The standard InChI is InChI=1S/C21H22N2O3/c1-3-13-11-23-9-8-20-14-6-4-5-7-16(14)22-12-21(20,19(25)26-2)15(13)10-17(23)18(20)24/h3-7,12,15,17H,8-11H2,1-2H3. The number of Topliss-reactive ketones (excluding diaryl/α,β-unsaturated/α-hetero) is 1. The minimum atomic E-state index is -1.04. The van der Waals surface area contributed by atoms with Gasteiger partial charge in [0.05, 0.1) is 24.3 Å². The van der Waals surface area contributed by atoms with E-state index in [2.05, 4.69) is 16.0 Å². The van der Waals surface area contributed by atoms with Crippen molar-refractivity contribution in [2.24, 2.45) is 16.3 Å². The molecule has 2 saturated heterocycles. The van der Waals surface area contributed by atoms with Gasteiger partial charge in [0.25, 0.3) is 0 Å². The lowest BCUT2D eigenvalue weighted by molar-refractivity contribution is -0.172. The smallest absolute Gasteiger partial charge is 0.319 e. The van der Waals surface area contributed by atoms with Crippen LogP contribution < -0.4 is 0 Å². The molecular formula is C21H22N2O3. The van der Waals surface area contributed by atoms with Crippen LogP contribution in [0.1, 0.15) is 25.3 Å². The number of fused-ring (bicyclic) bond motifs is 3. The molecule has 1 aromatic rings. The topological polar surface area (TPSA) is 59.0 Å². The average molecular weight is 350 g/mol. The molecule has 0 aromatic heterocycles. The molecule has 3 aliphatic heterocycles. The Balaban J connectivity index is 1.88. The predicted molar refractivity (Wildman–Crippen MR) is 97.6 cm³/mol. The summed E-state index contributed by atoms with van der Waals surface area (Å²) in [4.78, 5) is 34.1. The van der Waals surface area contributed by atoms with Crippen molar-refractivity contribution in [1.82, 2.24) is 4.90 Å². The molecule has 5 rings (SSSR count). The zero-order chi connectivity index (χ0) is 18.1. The van der Waals surface area contributed by atoms with Crippen molar-refractivity contribution in [3.8, 4) is 0 Å². The van der Waals surface area contributed by atoms with Crippen molar-refractivity contribution in [2.75, 3.05) is 20.2 Å². The van der Waals surface area contributed by atoms with Crippen LogP contribution in [0.4, 0.5) is 5.69 Å². The van der Waals surface area contributed by atoms with Gasteiger partial charge in [0, 0.05) is 25.2 Å². The summed E-state index contributed by atoms with van der Waals surface area (Å²) < 4.78 is 5.32. The molecule has 5 nitrogen and oxygen atoms in total. The molecular weight excluding hydrogens is 328 g/mol. The monoisotopic (exact) mass is 350 g/mol. The van der Waals surface area contributed by atoms with Crippen LogP contribution in [-0.4, -0.2) is 49.1 Å². The summed E-state index contributed by atoms with van der Waals surface area (Å²) in [6.45, 7) is 3.58. The van der Waals surface area contributed by atoms with E-state index < -0.39 is 10.8 Å². The van der Waals surface area contributed by atoms with Crippen LogP contribution >= 0.6 is 0 Å². The Labute approximate surface area is 152 Å². The van der Waals surface area contributed by atoms with Crippen molar-refractivity contribution in [2.45, 2.75) is 31.2 Å². The maximum absolute atomic E-state index is 13.8. The molecule has 4 unspecified atom stereocenters. The highest BCUT2D eigenvalue weighted by atomic mass is 16.5. The minimum absolute atomic E-state index is 0.0451. The van der Waals surface area contributed by atoms with Crippen LogP contribution in [0.15, 0.2) is 40.9 Å². The number of ketones is 1. The molecule has 1 aromatic carbocycles. The number of benzene rings is 1. The summed E-state index contributed by atoms with van der Waals surface area (Å²) in [6.07, 6.45) is 5.17. The summed E-state index contributed by atoms with van der Waals surface area (Å²) >= 11 is 0. The van der Waals surface area contributed by atoms with Crippen LogP contribution in [0.5, 0.6) is 0 Å². The van der Waals surface area contributed by atoms with Crippen LogP contribution in [-0.2, 0) is 19.7 Å². The zero-order valence-corrected chi connectivity index (χ0v) is 15.1. The number of para-hydroxylation sites is 1. The summed E-state index contributed by atoms with van der Waals surface area (Å²) in [7, 11) is 1.42. The molecule has 5 heteroatoms. The summed E-state index contributed by atoms with van der Waals surface area (Å²) in [5.41, 5.74) is 0.990. The largest absolute Gasteiger partial charge is 0.468 e. The van der Waals surface area contributed by atoms with Gasteiger partial charge in [0.15, 0.2) is 5.78 Å². The lowest BCUT2D eigenvalue weighted by Gasteiger charge is -2.64. The van der Waals surface area contributed by atoms with Crippen LogP contribution in [0, 0.1) is 11.3 Å². The van der Waals surface area contributed by atoms with E-state index in [0.29, 0.717) is 12.8 Å². The highest BCUT2D eigenvalue weighted by Gasteiger charge is 2.73. The van der Waals surface area contributed by atoms with Gasteiger partial charge in [-0.15, -0.1) is 0 Å². The van der Waals surface area contributed by atoms with Gasteiger partial charge >= 0.3 is 5.97 Å². The second-order valence-corrected chi connectivity index (χ2v) is 7.79. The van der Waals surface area contributed by atoms with E-state index in [1.807, 2.05) is 31.2 Å². The average Bonchev–Trinajstić information content (AvgIpc) is 2.68. The lowest BCUT2D eigenvalue weighted by Crippen LogP contribution is -2.75. The molecule has 1 saturated carbocycles. The fourth-order valence-corrected chi connectivity index (χ4v) is 6.03. The lowest BCUT2D eigenvalue weighted by atomic mass is 9.42. The Hall–Kier alpha value is -2.27. The normalized spacial score (nSPS) is 38.8. The number of carbonyl (C=O) groups excluding carboxylic acids is 2. The van der Waals surface area contributed by atoms with E-state index in [0.717, 1.165) is 24.3 Å². The minimum Gasteiger partial charge on any atom is -0.468 e. The maximum Gasteiger partial charge on any atom is 0.319 e. The molecule has 1 aliphatic carbocycles. The first-order valence-electron chi connectivity index (χ1n) is 9.26. The van der Waals surface area contributed by atoms with Gasteiger partial charge in [-0.1, -0.05) is 29.8 Å². The molecule has 134 valence electrons. The number of hydrogen-bond donors (Lipinski definition) is 0. The van der Waals surface area contributed by atoms with Gasteiger partial charge in [-0.2, -0.15) is 0 Å². The fraction of sp³-hybridized carbons (Fsp3) is 0.476. The van der Waals surface area contributed by atoms with Gasteiger partial charge < -0.3 is 4.74 Å². The number of allylic oxidation sites excluding steroid dienone is 1. The van der Waals surface area contributed by atoms with Crippen LogP contribution in [0.2, 0.25) is 0 Å². The quantitative estimate of drug-likeness (QED) is 0.577. The molecule has 4 aliphatic rings. The van der Waals surface area contributed by atoms with Gasteiger partial charge in [-0.05, 0) is 31.4 Å². The summed E-state index contributed by atoms with van der Waals surface area (Å²) in [5.74, 6) is -0.210. The number of ether oxygens (including phenoxy) is 1. The van der Waals surface area contributed by atoms with Crippen molar-refractivity contribution < 1.29 is 14.3 Å². The second kappa shape index (κ2) is 5.13. The van der Waals surface area contributed by atoms with Gasteiger partial charge in [-0.3, -0.25) is 19.5 Å². The Morgan fingerprint density at radius 1 is 1.38 bits per heavy atom. The number of hydrogen-bond acceptors (Lipinski definition) is 5. The number of carbonyl (C=O) groups is 2. The zero-order valence-electron chi connectivity index (χ0n) is 15.1. The van der Waals surface area contributed by atoms with Crippen molar-refractivity contribution in [3.63, 3.8) is 0 Å². The fourth-order valence-electron chi connectivity index (χ4n) is 6.03. The summed E-state index contributed by atoms with van der Waals surface area (Å²) in [6, 6.07) is 7.67. The van der Waals surface area contributed by atoms with E-state index in [1.54, 1.807) is 6.21 Å². The molecule has 0 amide bonds. The van der Waals surface area contributed by atoms with Crippen LogP contribution in [0.25, 0.3) is 0 Å². The highest BCUT2D eigenvalue weighted by molar-refractivity contribution is 6.13. The molecule has 3 fully saturated rings. The predicted octanol–water partition coefficient (Wildman–Crippen LogP) is 2.42. The molecule has 1 spiro atoms. The maximum atomic E-state index is 13.8. The Kier molecular flexibility index (Phi) is 3.15. The number of esters is 1.